The van der Waals surface area contributed by atoms with E-state index in [1.165, 1.54) is 36.6 Å². The van der Waals surface area contributed by atoms with Crippen LogP contribution in [0.2, 0.25) is 0 Å². The molecule has 0 saturated heterocycles. The minimum atomic E-state index is 0.739. The zero-order chi connectivity index (χ0) is 13.7. The van der Waals surface area contributed by atoms with Crippen LogP contribution in [0.25, 0.3) is 10.9 Å². The first-order valence-corrected chi connectivity index (χ1v) is 7.27. The fraction of sp³-hybridized carbons (Fsp3) is 0.471. The van der Waals surface area contributed by atoms with Crippen molar-refractivity contribution in [3.8, 4) is 6.07 Å². The molecule has 2 heteroatoms. The molecule has 1 unspecified atom stereocenters. The minimum absolute atomic E-state index is 0.739. The van der Waals surface area contributed by atoms with E-state index in [1.807, 2.05) is 12.1 Å². The van der Waals surface area contributed by atoms with Crippen LogP contribution in [0.1, 0.15) is 45.1 Å². The van der Waals surface area contributed by atoms with Gasteiger partial charge in [-0.25, -0.2) is 0 Å². The molecule has 0 spiro atoms. The highest BCUT2D eigenvalue weighted by Gasteiger charge is 2.09. The van der Waals surface area contributed by atoms with Crippen LogP contribution in [-0.2, 0) is 6.54 Å². The molecule has 100 valence electrons. The Morgan fingerprint density at radius 3 is 2.79 bits per heavy atom. The van der Waals surface area contributed by atoms with E-state index in [0.29, 0.717) is 0 Å². The van der Waals surface area contributed by atoms with Gasteiger partial charge in [-0.15, -0.1) is 0 Å². The van der Waals surface area contributed by atoms with Crippen LogP contribution in [0, 0.1) is 17.2 Å². The largest absolute Gasteiger partial charge is 0.347 e. The second-order valence-electron chi connectivity index (χ2n) is 5.27. The number of nitrogens with zero attached hydrogens (tertiary/aromatic N) is 2. The summed E-state index contributed by atoms with van der Waals surface area (Å²) in [6.07, 6.45) is 7.28. The van der Waals surface area contributed by atoms with E-state index < -0.39 is 0 Å². The van der Waals surface area contributed by atoms with E-state index in [2.05, 4.69) is 42.8 Å². The van der Waals surface area contributed by atoms with Crippen LogP contribution < -0.4 is 0 Å². The van der Waals surface area contributed by atoms with Gasteiger partial charge in [-0.05, 0) is 36.6 Å². The third-order valence-electron chi connectivity index (χ3n) is 3.90. The first kappa shape index (κ1) is 13.7. The maximum Gasteiger partial charge on any atom is 0.0991 e. The highest BCUT2D eigenvalue weighted by atomic mass is 15.0. The molecule has 0 amide bonds. The summed E-state index contributed by atoms with van der Waals surface area (Å²) in [7, 11) is 0. The first-order chi connectivity index (χ1) is 9.28. The Hall–Kier alpha value is -1.75. The maximum atomic E-state index is 8.93. The van der Waals surface area contributed by atoms with Crippen molar-refractivity contribution < 1.29 is 0 Å². The lowest BCUT2D eigenvalue weighted by Gasteiger charge is -2.16. The van der Waals surface area contributed by atoms with Crippen molar-refractivity contribution in [2.75, 3.05) is 0 Å². The number of rotatable bonds is 6. The zero-order valence-electron chi connectivity index (χ0n) is 11.9. The summed E-state index contributed by atoms with van der Waals surface area (Å²) in [5.41, 5.74) is 1.98. The Bertz CT molecular complexity index is 574. The molecule has 0 fully saturated rings. The van der Waals surface area contributed by atoms with Crippen LogP contribution in [0.5, 0.6) is 0 Å². The third kappa shape index (κ3) is 3.17. The lowest BCUT2D eigenvalue weighted by atomic mass is 9.99. The van der Waals surface area contributed by atoms with E-state index in [4.69, 9.17) is 5.26 Å². The van der Waals surface area contributed by atoms with Gasteiger partial charge in [0.2, 0.25) is 0 Å². The van der Waals surface area contributed by atoms with Gasteiger partial charge >= 0.3 is 0 Å². The third-order valence-corrected chi connectivity index (χ3v) is 3.90. The number of nitriles is 1. The Morgan fingerprint density at radius 1 is 1.26 bits per heavy atom. The summed E-state index contributed by atoms with van der Waals surface area (Å²) in [5, 5.41) is 10.1. The van der Waals surface area contributed by atoms with Gasteiger partial charge < -0.3 is 4.57 Å². The van der Waals surface area contributed by atoms with E-state index in [1.54, 1.807) is 0 Å². The SMILES string of the molecule is CCCCC(CC)Cn1ccc2cc(C#N)ccc21. The Balaban J connectivity index is 2.18. The van der Waals surface area contributed by atoms with Crippen LogP contribution in [0.3, 0.4) is 0 Å². The lowest BCUT2D eigenvalue weighted by molar-refractivity contribution is 0.396. The van der Waals surface area contributed by atoms with Crippen molar-refractivity contribution in [3.63, 3.8) is 0 Å². The molecule has 0 aliphatic carbocycles. The minimum Gasteiger partial charge on any atom is -0.347 e. The quantitative estimate of drug-likeness (QED) is 0.732. The summed E-state index contributed by atoms with van der Waals surface area (Å²) < 4.78 is 2.33. The van der Waals surface area contributed by atoms with Gasteiger partial charge in [0.1, 0.15) is 0 Å². The molecule has 0 radical (unpaired) electrons. The number of benzene rings is 1. The highest BCUT2D eigenvalue weighted by molar-refractivity contribution is 5.81. The molecule has 0 saturated carbocycles. The average molecular weight is 254 g/mol. The molecule has 1 aromatic carbocycles. The molecule has 0 bridgehead atoms. The first-order valence-electron chi connectivity index (χ1n) is 7.27. The molecule has 0 aliphatic rings. The van der Waals surface area contributed by atoms with Gasteiger partial charge in [-0.2, -0.15) is 5.26 Å². The summed E-state index contributed by atoms with van der Waals surface area (Å²) in [6, 6.07) is 10.3. The number of fused-ring (bicyclic) bond motifs is 1. The molecule has 1 atom stereocenters. The fourth-order valence-electron chi connectivity index (χ4n) is 2.62. The molecule has 1 aromatic heterocycles. The van der Waals surface area contributed by atoms with Gasteiger partial charge in [0.25, 0.3) is 0 Å². The second kappa shape index (κ2) is 6.43. The van der Waals surface area contributed by atoms with Crippen molar-refractivity contribution in [2.45, 2.75) is 46.1 Å². The predicted molar refractivity (Wildman–Crippen MR) is 80.0 cm³/mol. The number of unbranched alkanes of at least 4 members (excludes halogenated alkanes) is 1. The Kier molecular flexibility index (Phi) is 4.63. The molecular formula is C17H22N2. The van der Waals surface area contributed by atoms with Gasteiger partial charge in [-0.1, -0.05) is 33.1 Å². The summed E-state index contributed by atoms with van der Waals surface area (Å²) >= 11 is 0. The molecule has 0 N–H and O–H groups in total. The molecule has 2 aromatic rings. The smallest absolute Gasteiger partial charge is 0.0991 e. The summed E-state index contributed by atoms with van der Waals surface area (Å²) in [4.78, 5) is 0. The lowest BCUT2D eigenvalue weighted by Crippen LogP contribution is -2.09. The highest BCUT2D eigenvalue weighted by Crippen LogP contribution is 2.21. The monoisotopic (exact) mass is 254 g/mol. The molecular weight excluding hydrogens is 232 g/mol. The van der Waals surface area contributed by atoms with Crippen LogP contribution >= 0.6 is 0 Å². The molecule has 19 heavy (non-hydrogen) atoms. The molecule has 1 heterocycles. The van der Waals surface area contributed by atoms with Gasteiger partial charge in [0.15, 0.2) is 0 Å². The zero-order valence-corrected chi connectivity index (χ0v) is 11.9. The number of hydrogen-bond acceptors (Lipinski definition) is 1. The molecule has 2 rings (SSSR count). The van der Waals surface area contributed by atoms with E-state index in [9.17, 15) is 0 Å². The second-order valence-corrected chi connectivity index (χ2v) is 5.27. The Morgan fingerprint density at radius 2 is 2.11 bits per heavy atom. The van der Waals surface area contributed by atoms with Crippen LogP contribution in [-0.4, -0.2) is 4.57 Å². The summed E-state index contributed by atoms with van der Waals surface area (Å²) in [6.45, 7) is 5.62. The van der Waals surface area contributed by atoms with Gasteiger partial charge in [-0.3, -0.25) is 0 Å². The van der Waals surface area contributed by atoms with Crippen molar-refractivity contribution in [2.24, 2.45) is 5.92 Å². The van der Waals surface area contributed by atoms with Crippen molar-refractivity contribution in [3.05, 3.63) is 36.0 Å². The fourth-order valence-corrected chi connectivity index (χ4v) is 2.62. The van der Waals surface area contributed by atoms with E-state index in [-0.39, 0.29) is 0 Å². The standard InChI is InChI=1S/C17H22N2/c1-3-5-6-14(4-2)13-19-10-9-16-11-15(12-18)7-8-17(16)19/h7-11,14H,3-6,13H2,1-2H3. The maximum absolute atomic E-state index is 8.93. The number of hydrogen-bond donors (Lipinski definition) is 0. The van der Waals surface area contributed by atoms with Crippen LogP contribution in [0.4, 0.5) is 0 Å². The summed E-state index contributed by atoms with van der Waals surface area (Å²) in [5.74, 6) is 0.756. The molecule has 0 aliphatic heterocycles. The normalized spacial score (nSPS) is 12.5. The van der Waals surface area contributed by atoms with Crippen molar-refractivity contribution >= 4 is 10.9 Å². The van der Waals surface area contributed by atoms with Gasteiger partial charge in [0.05, 0.1) is 11.6 Å². The van der Waals surface area contributed by atoms with Crippen molar-refractivity contribution in [1.29, 1.82) is 5.26 Å². The average Bonchev–Trinajstić information content (AvgIpc) is 2.85. The van der Waals surface area contributed by atoms with E-state index >= 15 is 0 Å². The van der Waals surface area contributed by atoms with Crippen LogP contribution in [0.15, 0.2) is 30.5 Å². The van der Waals surface area contributed by atoms with E-state index in [0.717, 1.165) is 18.0 Å². The molecule has 2 nitrogen and oxygen atoms in total. The predicted octanol–water partition coefficient (Wildman–Crippen LogP) is 4.73. The van der Waals surface area contributed by atoms with Gasteiger partial charge in [0, 0.05) is 23.6 Å². The number of aromatic nitrogens is 1. The topological polar surface area (TPSA) is 28.7 Å². The van der Waals surface area contributed by atoms with Crippen molar-refractivity contribution in [1.82, 2.24) is 4.57 Å². The Labute approximate surface area is 115 Å².